The maximum atomic E-state index is 12.6. The molecule has 0 unspecified atom stereocenters. The average Bonchev–Trinajstić information content (AvgIpc) is 3.19. The van der Waals surface area contributed by atoms with E-state index in [0.717, 1.165) is 41.6 Å². The first-order valence-electron chi connectivity index (χ1n) is 8.23. The molecule has 0 aliphatic carbocycles. The van der Waals surface area contributed by atoms with Gasteiger partial charge >= 0.3 is 0 Å². The molecule has 23 heavy (non-hydrogen) atoms. The zero-order chi connectivity index (χ0) is 16.4. The number of rotatable bonds is 5. The highest BCUT2D eigenvalue weighted by atomic mass is 16.5. The van der Waals surface area contributed by atoms with Crippen LogP contribution in [0.5, 0.6) is 0 Å². The van der Waals surface area contributed by atoms with Crippen molar-refractivity contribution in [1.82, 2.24) is 4.90 Å². The van der Waals surface area contributed by atoms with Crippen LogP contribution < -0.4 is 5.73 Å². The molecule has 1 saturated heterocycles. The zero-order valence-electron chi connectivity index (χ0n) is 13.7. The van der Waals surface area contributed by atoms with Crippen molar-refractivity contribution in [3.8, 4) is 0 Å². The Labute approximate surface area is 136 Å². The van der Waals surface area contributed by atoms with Crippen molar-refractivity contribution in [2.75, 3.05) is 13.6 Å². The maximum absolute atomic E-state index is 12.6. The van der Waals surface area contributed by atoms with Crippen LogP contribution >= 0.6 is 0 Å². The minimum atomic E-state index is -0.364. The van der Waals surface area contributed by atoms with E-state index in [1.165, 1.54) is 0 Å². The van der Waals surface area contributed by atoms with Crippen LogP contribution in [-0.4, -0.2) is 36.6 Å². The molecule has 1 fully saturated rings. The number of para-hydroxylation sites is 1. The van der Waals surface area contributed by atoms with Crippen molar-refractivity contribution >= 4 is 16.9 Å². The predicted octanol–water partition coefficient (Wildman–Crippen LogP) is 2.46. The van der Waals surface area contributed by atoms with Gasteiger partial charge in [0.05, 0.1) is 6.10 Å². The van der Waals surface area contributed by atoms with Gasteiger partial charge in [-0.25, -0.2) is 0 Å². The van der Waals surface area contributed by atoms with Gasteiger partial charge in [-0.2, -0.15) is 0 Å². The van der Waals surface area contributed by atoms with E-state index in [0.29, 0.717) is 13.1 Å². The molecular weight excluding hydrogens is 292 g/mol. The third kappa shape index (κ3) is 3.12. The van der Waals surface area contributed by atoms with Crippen LogP contribution in [0.25, 0.3) is 11.0 Å². The lowest BCUT2D eigenvalue weighted by Crippen LogP contribution is -2.36. The summed E-state index contributed by atoms with van der Waals surface area (Å²) in [6, 6.07) is 7.96. The molecule has 124 valence electrons. The summed E-state index contributed by atoms with van der Waals surface area (Å²) in [6.07, 6.45) is 2.06. The molecule has 2 N–H and O–H groups in total. The Hall–Kier alpha value is -1.85. The fourth-order valence-electron chi connectivity index (χ4n) is 3.23. The summed E-state index contributed by atoms with van der Waals surface area (Å²) in [5, 5.41) is 1.08. The van der Waals surface area contributed by atoms with Crippen LogP contribution in [-0.2, 0) is 22.5 Å². The van der Waals surface area contributed by atoms with E-state index in [4.69, 9.17) is 14.9 Å². The van der Waals surface area contributed by atoms with Crippen LogP contribution in [0, 0.1) is 0 Å². The van der Waals surface area contributed by atoms with Gasteiger partial charge in [0.1, 0.15) is 17.4 Å². The number of likely N-dealkylation sites (N-methyl/N-ethyl adjacent to an activating group) is 1. The van der Waals surface area contributed by atoms with Gasteiger partial charge in [-0.15, -0.1) is 0 Å². The molecular formula is C18H24N2O3. The fraction of sp³-hybridized carbons (Fsp3) is 0.500. The van der Waals surface area contributed by atoms with E-state index in [9.17, 15) is 4.79 Å². The summed E-state index contributed by atoms with van der Waals surface area (Å²) in [4.78, 5) is 14.3. The van der Waals surface area contributed by atoms with Crippen LogP contribution in [0.2, 0.25) is 0 Å². The Bertz CT molecular complexity index is 695. The molecule has 0 bridgehead atoms. The minimum Gasteiger partial charge on any atom is -0.461 e. The number of aryl methyl sites for hydroxylation is 1. The predicted molar refractivity (Wildman–Crippen MR) is 89.0 cm³/mol. The summed E-state index contributed by atoms with van der Waals surface area (Å²) in [5.74, 6) is 0.964. The van der Waals surface area contributed by atoms with E-state index in [2.05, 4.69) is 6.92 Å². The number of furan rings is 1. The van der Waals surface area contributed by atoms with E-state index in [1.54, 1.807) is 4.90 Å². The van der Waals surface area contributed by atoms with Crippen molar-refractivity contribution in [2.24, 2.45) is 5.73 Å². The number of hydrogen-bond donors (Lipinski definition) is 1. The van der Waals surface area contributed by atoms with Gasteiger partial charge in [0.2, 0.25) is 0 Å². The number of ether oxygens (including phenoxy) is 1. The normalized spacial score (nSPS) is 21.0. The van der Waals surface area contributed by atoms with E-state index in [1.807, 2.05) is 31.3 Å². The topological polar surface area (TPSA) is 68.7 Å². The van der Waals surface area contributed by atoms with Crippen LogP contribution in [0.1, 0.15) is 31.1 Å². The summed E-state index contributed by atoms with van der Waals surface area (Å²) in [6.45, 7) is 3.07. The quantitative estimate of drug-likeness (QED) is 0.920. The van der Waals surface area contributed by atoms with E-state index < -0.39 is 0 Å². The Morgan fingerprint density at radius 3 is 2.83 bits per heavy atom. The molecule has 0 saturated carbocycles. The second-order valence-corrected chi connectivity index (χ2v) is 6.11. The number of carbonyl (C=O) groups excluding carboxylic acids is 1. The van der Waals surface area contributed by atoms with Crippen molar-refractivity contribution in [2.45, 2.75) is 44.9 Å². The van der Waals surface area contributed by atoms with Crippen molar-refractivity contribution in [3.63, 3.8) is 0 Å². The first-order chi connectivity index (χ1) is 11.1. The molecule has 5 heteroatoms. The molecule has 1 amide bonds. The molecule has 5 nitrogen and oxygen atoms in total. The number of carbonyl (C=O) groups is 1. The second kappa shape index (κ2) is 6.72. The summed E-state index contributed by atoms with van der Waals surface area (Å²) in [5.41, 5.74) is 7.59. The molecule has 1 aromatic heterocycles. The monoisotopic (exact) mass is 316 g/mol. The number of nitrogens with zero attached hydrogens (tertiary/aromatic N) is 1. The summed E-state index contributed by atoms with van der Waals surface area (Å²) < 4.78 is 11.6. The van der Waals surface area contributed by atoms with Crippen molar-refractivity contribution in [1.29, 1.82) is 0 Å². The molecule has 2 aromatic rings. The largest absolute Gasteiger partial charge is 0.461 e. The van der Waals surface area contributed by atoms with Gasteiger partial charge in [-0.1, -0.05) is 25.1 Å². The molecule has 2 heterocycles. The third-order valence-electron chi connectivity index (χ3n) is 4.52. The lowest BCUT2D eigenvalue weighted by Gasteiger charge is -2.21. The van der Waals surface area contributed by atoms with Crippen LogP contribution in [0.3, 0.4) is 0 Å². The Kier molecular flexibility index (Phi) is 4.68. The lowest BCUT2D eigenvalue weighted by atomic mass is 10.1. The minimum absolute atomic E-state index is 0.0123. The summed E-state index contributed by atoms with van der Waals surface area (Å²) >= 11 is 0. The smallest absolute Gasteiger partial charge is 0.251 e. The SMILES string of the molecule is CCc1oc2ccccc2c1CN(C)C(=O)[C@@H]1CC[C@H](CN)O1. The maximum Gasteiger partial charge on any atom is 0.251 e. The van der Waals surface area contributed by atoms with E-state index >= 15 is 0 Å². The molecule has 0 radical (unpaired) electrons. The molecule has 1 aliphatic heterocycles. The number of nitrogens with two attached hydrogens (primary N) is 1. The molecule has 1 aliphatic rings. The fourth-order valence-corrected chi connectivity index (χ4v) is 3.23. The van der Waals surface area contributed by atoms with Crippen molar-refractivity contribution < 1.29 is 13.9 Å². The lowest BCUT2D eigenvalue weighted by molar-refractivity contribution is -0.141. The van der Waals surface area contributed by atoms with Crippen LogP contribution in [0.4, 0.5) is 0 Å². The number of hydrogen-bond acceptors (Lipinski definition) is 4. The third-order valence-corrected chi connectivity index (χ3v) is 4.52. The Balaban J connectivity index is 1.77. The molecule has 2 atom stereocenters. The average molecular weight is 316 g/mol. The molecule has 1 aromatic carbocycles. The van der Waals surface area contributed by atoms with E-state index in [-0.39, 0.29) is 18.1 Å². The number of amides is 1. The standard InChI is InChI=1S/C18H24N2O3/c1-3-15-14(13-6-4-5-7-16(13)23-15)11-20(2)18(21)17-9-8-12(10-19)22-17/h4-7,12,17H,3,8-11,19H2,1-2H3/t12-,17+/m1/s1. The van der Waals surface area contributed by atoms with Gasteiger partial charge in [-0.3, -0.25) is 4.79 Å². The Morgan fingerprint density at radius 2 is 2.13 bits per heavy atom. The highest BCUT2D eigenvalue weighted by Gasteiger charge is 2.32. The summed E-state index contributed by atoms with van der Waals surface area (Å²) in [7, 11) is 1.82. The first kappa shape index (κ1) is 16.0. The second-order valence-electron chi connectivity index (χ2n) is 6.11. The first-order valence-corrected chi connectivity index (χ1v) is 8.23. The van der Waals surface area contributed by atoms with Crippen molar-refractivity contribution in [3.05, 3.63) is 35.6 Å². The van der Waals surface area contributed by atoms with Gasteiger partial charge in [0.15, 0.2) is 0 Å². The van der Waals surface area contributed by atoms with Gasteiger partial charge < -0.3 is 19.8 Å². The molecule has 3 rings (SSSR count). The highest BCUT2D eigenvalue weighted by molar-refractivity contribution is 5.84. The van der Waals surface area contributed by atoms with Gasteiger partial charge in [-0.05, 0) is 18.9 Å². The van der Waals surface area contributed by atoms with Gasteiger partial charge in [0, 0.05) is 37.5 Å². The highest BCUT2D eigenvalue weighted by Crippen LogP contribution is 2.28. The number of benzene rings is 1. The van der Waals surface area contributed by atoms with Crippen LogP contribution in [0.15, 0.2) is 28.7 Å². The Morgan fingerprint density at radius 1 is 1.35 bits per heavy atom. The zero-order valence-corrected chi connectivity index (χ0v) is 13.7. The number of fused-ring (bicyclic) bond motifs is 1. The molecule has 0 spiro atoms. The van der Waals surface area contributed by atoms with Gasteiger partial charge in [0.25, 0.3) is 5.91 Å².